The van der Waals surface area contributed by atoms with Crippen LogP contribution in [0.4, 0.5) is 5.00 Å². The first kappa shape index (κ1) is 12.7. The van der Waals surface area contributed by atoms with Gasteiger partial charge in [-0.1, -0.05) is 6.92 Å². The zero-order valence-corrected chi connectivity index (χ0v) is 11.8. The summed E-state index contributed by atoms with van der Waals surface area (Å²) < 4.78 is 0. The van der Waals surface area contributed by atoms with E-state index in [1.165, 1.54) is 16.2 Å². The average Bonchev–Trinajstić information content (AvgIpc) is 3.11. The summed E-state index contributed by atoms with van der Waals surface area (Å²) >= 11 is 1.53. The molecule has 1 heterocycles. The van der Waals surface area contributed by atoms with Gasteiger partial charge >= 0.3 is 0 Å². The fourth-order valence-electron chi connectivity index (χ4n) is 2.67. The van der Waals surface area contributed by atoms with Gasteiger partial charge in [0.25, 0.3) is 5.91 Å². The Morgan fingerprint density at radius 3 is 2.68 bits per heavy atom. The molecule has 3 rings (SSSR count). The topological polar surface area (TPSA) is 72.2 Å². The van der Waals surface area contributed by atoms with E-state index < -0.39 is 5.91 Å². The van der Waals surface area contributed by atoms with Crippen LogP contribution in [-0.4, -0.2) is 11.8 Å². The van der Waals surface area contributed by atoms with Gasteiger partial charge in [0.05, 0.1) is 5.56 Å². The summed E-state index contributed by atoms with van der Waals surface area (Å²) in [5, 5.41) is 3.57. The monoisotopic (exact) mass is 278 g/mol. The first-order valence-corrected chi connectivity index (χ1v) is 7.63. The van der Waals surface area contributed by atoms with Crippen molar-refractivity contribution < 1.29 is 9.59 Å². The molecule has 2 aliphatic carbocycles. The molecule has 4 nitrogen and oxygen atoms in total. The van der Waals surface area contributed by atoms with Gasteiger partial charge in [-0.05, 0) is 43.6 Å². The minimum absolute atomic E-state index is 0.0362. The van der Waals surface area contributed by atoms with Crippen LogP contribution in [0.1, 0.15) is 47.0 Å². The molecule has 1 unspecified atom stereocenters. The number of hydrogen-bond donors (Lipinski definition) is 2. The molecule has 0 aliphatic heterocycles. The van der Waals surface area contributed by atoms with Gasteiger partial charge < -0.3 is 11.1 Å². The Bertz CT molecular complexity index is 546. The summed E-state index contributed by atoms with van der Waals surface area (Å²) in [6.07, 6.45) is 4.94. The first-order chi connectivity index (χ1) is 9.06. The molecular formula is C14H18N2O2S. The number of aryl methyl sites for hydroxylation is 1. The number of amides is 2. The summed E-state index contributed by atoms with van der Waals surface area (Å²) in [5.74, 6) is 0.331. The molecule has 102 valence electrons. The van der Waals surface area contributed by atoms with Crippen LogP contribution in [0.3, 0.4) is 0 Å². The molecule has 0 saturated heterocycles. The molecule has 1 aromatic rings. The first-order valence-electron chi connectivity index (χ1n) is 6.81. The Kier molecular flexibility index (Phi) is 3.09. The summed E-state index contributed by atoms with van der Waals surface area (Å²) in [6.45, 7) is 2.19. The zero-order chi connectivity index (χ0) is 13.6. The van der Waals surface area contributed by atoms with Crippen molar-refractivity contribution in [3.8, 4) is 0 Å². The lowest BCUT2D eigenvalue weighted by Gasteiger charge is -2.18. The van der Waals surface area contributed by atoms with Gasteiger partial charge in [-0.3, -0.25) is 9.59 Å². The molecule has 3 N–H and O–H groups in total. The molecule has 2 aliphatic rings. The van der Waals surface area contributed by atoms with Crippen LogP contribution in [-0.2, 0) is 17.6 Å². The minimum Gasteiger partial charge on any atom is -0.365 e. The highest BCUT2D eigenvalue weighted by Gasteiger charge is 2.32. The molecule has 0 radical (unpaired) electrons. The summed E-state index contributed by atoms with van der Waals surface area (Å²) in [4.78, 5) is 24.8. The minimum atomic E-state index is -0.419. The highest BCUT2D eigenvalue weighted by Crippen LogP contribution is 2.40. The van der Waals surface area contributed by atoms with Gasteiger partial charge in [-0.25, -0.2) is 0 Å². The predicted octanol–water partition coefficient (Wildman–Crippen LogP) is 2.32. The van der Waals surface area contributed by atoms with Gasteiger partial charge in [-0.15, -0.1) is 11.3 Å². The van der Waals surface area contributed by atoms with E-state index >= 15 is 0 Å². The van der Waals surface area contributed by atoms with Crippen molar-refractivity contribution in [3.63, 3.8) is 0 Å². The Morgan fingerprint density at radius 1 is 1.32 bits per heavy atom. The summed E-state index contributed by atoms with van der Waals surface area (Å²) in [7, 11) is 0. The Hall–Kier alpha value is -1.36. The van der Waals surface area contributed by atoms with Gasteiger partial charge in [0.2, 0.25) is 5.91 Å². The highest BCUT2D eigenvalue weighted by atomic mass is 32.1. The van der Waals surface area contributed by atoms with Crippen molar-refractivity contribution in [1.82, 2.24) is 0 Å². The van der Waals surface area contributed by atoms with Crippen LogP contribution in [0.15, 0.2) is 0 Å². The van der Waals surface area contributed by atoms with E-state index in [1.807, 2.05) is 0 Å². The zero-order valence-electron chi connectivity index (χ0n) is 11.0. The van der Waals surface area contributed by atoms with E-state index in [-0.39, 0.29) is 11.8 Å². The standard InChI is InChI=1S/C14H18N2O2S/c1-7-2-5-10-9(6-7)11(12(15)17)14(19-10)16-13(18)8-3-4-8/h7-8H,2-6H2,1H3,(H2,15,17)(H,16,18). The Balaban J connectivity index is 1.94. The third kappa shape index (κ3) is 2.39. The maximum absolute atomic E-state index is 11.9. The third-order valence-electron chi connectivity index (χ3n) is 3.94. The summed E-state index contributed by atoms with van der Waals surface area (Å²) in [5.41, 5.74) is 7.14. The van der Waals surface area contributed by atoms with Crippen LogP contribution in [0.5, 0.6) is 0 Å². The van der Waals surface area contributed by atoms with Gasteiger partial charge in [0, 0.05) is 10.8 Å². The number of nitrogens with one attached hydrogen (secondary N) is 1. The molecule has 1 saturated carbocycles. The van der Waals surface area contributed by atoms with E-state index in [4.69, 9.17) is 5.73 Å². The number of nitrogens with two attached hydrogens (primary N) is 1. The molecule has 0 bridgehead atoms. The predicted molar refractivity (Wildman–Crippen MR) is 75.4 cm³/mol. The second kappa shape index (κ2) is 4.63. The lowest BCUT2D eigenvalue weighted by atomic mass is 9.87. The molecule has 0 spiro atoms. The van der Waals surface area contributed by atoms with Crippen molar-refractivity contribution in [3.05, 3.63) is 16.0 Å². The summed E-state index contributed by atoms with van der Waals surface area (Å²) in [6, 6.07) is 0. The molecule has 2 amide bonds. The van der Waals surface area contributed by atoms with E-state index in [9.17, 15) is 9.59 Å². The number of rotatable bonds is 3. The number of carbonyl (C=O) groups excluding carboxylic acids is 2. The number of hydrogen-bond acceptors (Lipinski definition) is 3. The van der Waals surface area contributed by atoms with Gasteiger partial charge in [0.15, 0.2) is 0 Å². The van der Waals surface area contributed by atoms with Crippen LogP contribution >= 0.6 is 11.3 Å². The fourth-order valence-corrected chi connectivity index (χ4v) is 3.92. The van der Waals surface area contributed by atoms with Crippen molar-refractivity contribution in [2.45, 2.75) is 39.0 Å². The number of primary amides is 1. The van der Waals surface area contributed by atoms with E-state index in [1.54, 1.807) is 0 Å². The van der Waals surface area contributed by atoms with E-state index in [2.05, 4.69) is 12.2 Å². The smallest absolute Gasteiger partial charge is 0.251 e. The second-order valence-electron chi connectivity index (χ2n) is 5.68. The van der Waals surface area contributed by atoms with Crippen molar-refractivity contribution in [2.75, 3.05) is 5.32 Å². The maximum atomic E-state index is 11.9. The third-order valence-corrected chi connectivity index (χ3v) is 5.15. The van der Waals surface area contributed by atoms with Crippen molar-refractivity contribution in [2.24, 2.45) is 17.6 Å². The lowest BCUT2D eigenvalue weighted by molar-refractivity contribution is -0.117. The lowest BCUT2D eigenvalue weighted by Crippen LogP contribution is -2.20. The SMILES string of the molecule is CC1CCc2sc(NC(=O)C3CC3)c(C(N)=O)c2C1. The average molecular weight is 278 g/mol. The second-order valence-corrected chi connectivity index (χ2v) is 6.79. The molecule has 0 aromatic carbocycles. The number of fused-ring (bicyclic) bond motifs is 1. The van der Waals surface area contributed by atoms with Gasteiger partial charge in [-0.2, -0.15) is 0 Å². The molecular weight excluding hydrogens is 260 g/mol. The van der Waals surface area contributed by atoms with Crippen LogP contribution in [0.25, 0.3) is 0 Å². The molecule has 1 atom stereocenters. The molecule has 1 aromatic heterocycles. The molecule has 1 fully saturated rings. The highest BCUT2D eigenvalue weighted by molar-refractivity contribution is 7.17. The largest absolute Gasteiger partial charge is 0.365 e. The Morgan fingerprint density at radius 2 is 2.05 bits per heavy atom. The quantitative estimate of drug-likeness (QED) is 0.890. The van der Waals surface area contributed by atoms with E-state index in [0.717, 1.165) is 37.7 Å². The van der Waals surface area contributed by atoms with Crippen LogP contribution in [0, 0.1) is 11.8 Å². The van der Waals surface area contributed by atoms with Crippen molar-refractivity contribution in [1.29, 1.82) is 0 Å². The molecule has 5 heteroatoms. The van der Waals surface area contributed by atoms with Crippen LogP contribution in [0.2, 0.25) is 0 Å². The van der Waals surface area contributed by atoms with E-state index in [0.29, 0.717) is 16.5 Å². The van der Waals surface area contributed by atoms with Gasteiger partial charge in [0.1, 0.15) is 5.00 Å². The molecule has 19 heavy (non-hydrogen) atoms. The van der Waals surface area contributed by atoms with Crippen molar-refractivity contribution >= 4 is 28.2 Å². The normalized spacial score (nSPS) is 21.8. The maximum Gasteiger partial charge on any atom is 0.251 e. The number of anilines is 1. The van der Waals surface area contributed by atoms with Crippen LogP contribution < -0.4 is 11.1 Å². The Labute approximate surface area is 116 Å². The fraction of sp³-hybridized carbons (Fsp3) is 0.571. The number of thiophene rings is 1. The number of carbonyl (C=O) groups is 2.